The lowest BCUT2D eigenvalue weighted by atomic mass is 10.3. The topological polar surface area (TPSA) is 46.2 Å². The summed E-state index contributed by atoms with van der Waals surface area (Å²) in [6.45, 7) is 0. The van der Waals surface area contributed by atoms with Gasteiger partial charge in [-0.2, -0.15) is 0 Å². The van der Waals surface area contributed by atoms with Crippen LogP contribution in [0.3, 0.4) is 0 Å². The van der Waals surface area contributed by atoms with Gasteiger partial charge < -0.3 is 5.32 Å². The maximum Gasteiger partial charge on any atom is 0.288 e. The Morgan fingerprint density at radius 2 is 2.08 bits per heavy atom. The minimum Gasteiger partial charge on any atom is -0.319 e. The van der Waals surface area contributed by atoms with Crippen molar-refractivity contribution in [1.29, 1.82) is 0 Å². The lowest BCUT2D eigenvalue weighted by molar-refractivity contribution is -0.127. The summed E-state index contributed by atoms with van der Waals surface area (Å²) >= 11 is 4.08. The normalized spacial score (nSPS) is 9.08. The summed E-state index contributed by atoms with van der Waals surface area (Å²) in [6.07, 6.45) is 0.222. The number of aldehydes is 1. The molecule has 0 heterocycles. The van der Waals surface area contributed by atoms with Crippen LogP contribution in [0.2, 0.25) is 0 Å². The van der Waals surface area contributed by atoms with Crippen LogP contribution in [0.4, 0.5) is 5.69 Å². The molecule has 1 aromatic rings. The zero-order valence-corrected chi connectivity index (χ0v) is 7.04. The number of hydrogen-bond acceptors (Lipinski definition) is 3. The van der Waals surface area contributed by atoms with Crippen molar-refractivity contribution in [1.82, 2.24) is 0 Å². The molecule has 0 spiro atoms. The number of hydrogen-bond donors (Lipinski definition) is 2. The molecule has 0 atom stereocenters. The van der Waals surface area contributed by atoms with Crippen molar-refractivity contribution >= 4 is 30.5 Å². The summed E-state index contributed by atoms with van der Waals surface area (Å²) in [7, 11) is 0. The van der Waals surface area contributed by atoms with E-state index in [-0.39, 0.29) is 6.29 Å². The van der Waals surface area contributed by atoms with Crippen molar-refractivity contribution in [2.24, 2.45) is 0 Å². The Hall–Kier alpha value is -1.29. The molecule has 0 bridgehead atoms. The minimum atomic E-state index is -0.670. The van der Waals surface area contributed by atoms with Gasteiger partial charge in [0, 0.05) is 4.90 Å². The van der Waals surface area contributed by atoms with Gasteiger partial charge in [0.25, 0.3) is 5.91 Å². The molecule has 1 rings (SSSR count). The molecule has 1 aromatic carbocycles. The number of para-hydroxylation sites is 1. The molecule has 0 fully saturated rings. The van der Waals surface area contributed by atoms with Crippen molar-refractivity contribution in [3.63, 3.8) is 0 Å². The van der Waals surface area contributed by atoms with E-state index < -0.39 is 5.91 Å². The number of carbonyl (C=O) groups excluding carboxylic acids is 2. The first kappa shape index (κ1) is 8.80. The van der Waals surface area contributed by atoms with E-state index in [1.54, 1.807) is 24.3 Å². The van der Waals surface area contributed by atoms with Crippen LogP contribution in [-0.2, 0) is 9.59 Å². The predicted molar refractivity (Wildman–Crippen MR) is 48.4 cm³/mol. The third-order valence-corrected chi connectivity index (χ3v) is 1.66. The summed E-state index contributed by atoms with van der Waals surface area (Å²) in [5, 5.41) is 2.38. The number of nitrogens with one attached hydrogen (secondary N) is 1. The fourth-order valence-corrected chi connectivity index (χ4v) is 0.958. The molecule has 0 aliphatic carbocycles. The number of rotatable bonds is 2. The monoisotopic (exact) mass is 181 g/mol. The number of thiol groups is 1. The largest absolute Gasteiger partial charge is 0.319 e. The molecule has 1 amide bonds. The number of anilines is 1. The Bertz CT molecular complexity index is 312. The summed E-state index contributed by atoms with van der Waals surface area (Å²) in [5.74, 6) is -0.670. The molecule has 0 saturated heterocycles. The van der Waals surface area contributed by atoms with E-state index in [9.17, 15) is 9.59 Å². The van der Waals surface area contributed by atoms with Crippen LogP contribution in [0.15, 0.2) is 29.2 Å². The molecule has 0 aliphatic heterocycles. The average Bonchev–Trinajstić information content (AvgIpc) is 2.09. The Morgan fingerprint density at radius 1 is 1.42 bits per heavy atom. The van der Waals surface area contributed by atoms with E-state index >= 15 is 0 Å². The first-order chi connectivity index (χ1) is 5.74. The van der Waals surface area contributed by atoms with Crippen molar-refractivity contribution in [3.8, 4) is 0 Å². The van der Waals surface area contributed by atoms with Crippen LogP contribution in [0.1, 0.15) is 0 Å². The molecule has 3 nitrogen and oxygen atoms in total. The fraction of sp³-hybridized carbons (Fsp3) is 0. The zero-order valence-electron chi connectivity index (χ0n) is 6.15. The van der Waals surface area contributed by atoms with Crippen molar-refractivity contribution in [3.05, 3.63) is 24.3 Å². The van der Waals surface area contributed by atoms with Gasteiger partial charge in [-0.05, 0) is 12.1 Å². The third kappa shape index (κ3) is 2.10. The molecule has 12 heavy (non-hydrogen) atoms. The standard InChI is InChI=1S/C8H7NO2S/c10-5-8(11)9-6-3-1-2-4-7(6)12/h1-5,12H,(H,9,11). The molecule has 0 saturated carbocycles. The van der Waals surface area contributed by atoms with Crippen LogP contribution < -0.4 is 5.32 Å². The molecular formula is C8H7NO2S. The van der Waals surface area contributed by atoms with E-state index in [1.807, 2.05) is 0 Å². The summed E-state index contributed by atoms with van der Waals surface area (Å²) in [4.78, 5) is 21.2. The van der Waals surface area contributed by atoms with Gasteiger partial charge in [-0.25, -0.2) is 0 Å². The first-order valence-electron chi connectivity index (χ1n) is 3.28. The first-order valence-corrected chi connectivity index (χ1v) is 3.73. The van der Waals surface area contributed by atoms with Gasteiger partial charge in [-0.3, -0.25) is 9.59 Å². The highest BCUT2D eigenvalue weighted by Gasteiger charge is 2.00. The maximum atomic E-state index is 10.6. The summed E-state index contributed by atoms with van der Waals surface area (Å²) in [5.41, 5.74) is 0.540. The summed E-state index contributed by atoms with van der Waals surface area (Å²) in [6, 6.07) is 6.94. The highest BCUT2D eigenvalue weighted by Crippen LogP contribution is 2.17. The van der Waals surface area contributed by atoms with Crippen LogP contribution >= 0.6 is 12.6 Å². The fourth-order valence-electron chi connectivity index (χ4n) is 0.742. The van der Waals surface area contributed by atoms with Gasteiger partial charge in [-0.1, -0.05) is 12.1 Å². The second-order valence-electron chi connectivity index (χ2n) is 2.12. The van der Waals surface area contributed by atoms with Gasteiger partial charge in [0.1, 0.15) is 0 Å². The second-order valence-corrected chi connectivity index (χ2v) is 2.61. The Morgan fingerprint density at radius 3 is 2.67 bits per heavy atom. The van der Waals surface area contributed by atoms with E-state index in [4.69, 9.17) is 0 Å². The van der Waals surface area contributed by atoms with Crippen molar-refractivity contribution in [2.75, 3.05) is 5.32 Å². The van der Waals surface area contributed by atoms with Crippen LogP contribution in [0.25, 0.3) is 0 Å². The molecule has 0 radical (unpaired) electrons. The minimum absolute atomic E-state index is 0.222. The van der Waals surface area contributed by atoms with Crippen molar-refractivity contribution < 1.29 is 9.59 Å². The molecule has 0 aliphatic rings. The second kappa shape index (κ2) is 3.92. The van der Waals surface area contributed by atoms with Gasteiger partial charge >= 0.3 is 0 Å². The van der Waals surface area contributed by atoms with Crippen LogP contribution in [-0.4, -0.2) is 12.2 Å². The maximum absolute atomic E-state index is 10.6. The van der Waals surface area contributed by atoms with E-state index in [0.29, 0.717) is 10.6 Å². The zero-order chi connectivity index (χ0) is 8.97. The van der Waals surface area contributed by atoms with E-state index in [1.165, 1.54) is 0 Å². The molecule has 62 valence electrons. The van der Waals surface area contributed by atoms with Gasteiger partial charge in [0.2, 0.25) is 6.29 Å². The van der Waals surface area contributed by atoms with Crippen LogP contribution in [0, 0.1) is 0 Å². The highest BCUT2D eigenvalue weighted by molar-refractivity contribution is 7.80. The Kier molecular flexibility index (Phi) is 2.88. The predicted octanol–water partition coefficient (Wildman–Crippen LogP) is 1.11. The van der Waals surface area contributed by atoms with Gasteiger partial charge in [0.15, 0.2) is 0 Å². The third-order valence-electron chi connectivity index (χ3n) is 1.27. The molecule has 0 unspecified atom stereocenters. The van der Waals surface area contributed by atoms with Gasteiger partial charge in [-0.15, -0.1) is 12.6 Å². The number of carbonyl (C=O) groups is 2. The number of benzene rings is 1. The molecule has 0 aromatic heterocycles. The lowest BCUT2D eigenvalue weighted by Gasteiger charge is -2.02. The molecule has 4 heteroatoms. The van der Waals surface area contributed by atoms with Gasteiger partial charge in [0.05, 0.1) is 5.69 Å². The molecule has 1 N–H and O–H groups in total. The lowest BCUT2D eigenvalue weighted by Crippen LogP contribution is -2.12. The summed E-state index contributed by atoms with van der Waals surface area (Å²) < 4.78 is 0. The Labute approximate surface area is 75.2 Å². The quantitative estimate of drug-likeness (QED) is 0.408. The SMILES string of the molecule is O=CC(=O)Nc1ccccc1S. The number of amides is 1. The highest BCUT2D eigenvalue weighted by atomic mass is 32.1. The molecular weight excluding hydrogens is 174 g/mol. The van der Waals surface area contributed by atoms with Crippen molar-refractivity contribution in [2.45, 2.75) is 4.90 Å². The average molecular weight is 181 g/mol. The Balaban J connectivity index is 2.82. The van der Waals surface area contributed by atoms with E-state index in [0.717, 1.165) is 0 Å². The van der Waals surface area contributed by atoms with Crippen LogP contribution in [0.5, 0.6) is 0 Å². The smallest absolute Gasteiger partial charge is 0.288 e. The van der Waals surface area contributed by atoms with E-state index in [2.05, 4.69) is 17.9 Å².